The molecule has 10 nitrogen and oxygen atoms in total. The van der Waals surface area contributed by atoms with Gasteiger partial charge in [-0.1, -0.05) is 288 Å². The number of aromatic nitrogens is 4. The lowest BCUT2D eigenvalue weighted by molar-refractivity contribution is -0.0763. The average Bonchev–Trinajstić information content (AvgIpc) is 1.91. The number of rotatable bonds is 11. The van der Waals surface area contributed by atoms with Crippen molar-refractivity contribution in [3.8, 4) is 0 Å². The largest absolute Gasteiger partial charge is 0.381 e. The molecule has 3 saturated carbocycles. The Labute approximate surface area is 630 Å². The van der Waals surface area contributed by atoms with E-state index in [1.165, 1.54) is 96.8 Å². The van der Waals surface area contributed by atoms with Gasteiger partial charge in [0.2, 0.25) is 0 Å². The van der Waals surface area contributed by atoms with E-state index in [2.05, 4.69) is 177 Å². The number of nitrogens with zero attached hydrogens (tertiary/aromatic N) is 6. The zero-order valence-corrected chi connectivity index (χ0v) is 77.0. The number of likely N-dealkylation sites (tertiary alicyclic amines) is 1. The molecule has 99 heavy (non-hydrogen) atoms. The van der Waals surface area contributed by atoms with Crippen LogP contribution in [0.15, 0.2) is 37.2 Å². The maximum atomic E-state index is 5.22. The van der Waals surface area contributed by atoms with Gasteiger partial charge in [0.15, 0.2) is 0 Å². The van der Waals surface area contributed by atoms with Crippen molar-refractivity contribution in [2.45, 2.75) is 412 Å². The number of hydrogen-bond acceptors (Lipinski definition) is 8. The van der Waals surface area contributed by atoms with Crippen LogP contribution in [0.2, 0.25) is 0 Å². The molecule has 0 radical (unpaired) electrons. The van der Waals surface area contributed by atoms with Gasteiger partial charge in [0.25, 0.3) is 0 Å². The molecule has 3 unspecified atom stereocenters. The highest BCUT2D eigenvalue weighted by Crippen LogP contribution is 2.36. The standard InChI is InChI=1S/C7H14O.2C7H14.2C6H10N2.C6H13N.2C6H12O.C6H12.C5H11N.C5H10O.11C2H6/c1-6(2)7-3-4-8-5-7;2*1-6(2)7-4-3-5-7;1-6(2)8-4-3-7-5-8;1-6(2)8-5-3-4-7-8;1-6(2)7-4-3-5-7;1-5(2)6-3-7-4-6;1-5(2)6-3-4-7-6;2*1-5(2)6-3-4-6;1-4(2)5-3-6-5;11*1-2/h6-7H,3-5H2,1-2H3;2*6-7H,3-5H2,1-2H3;2*3-6H,1-2H3;6H,3-5H2,1-2H3;2*5-6H,3-4H2,1-2H3;5-6H,3-4H2,1-2H3;5H,3-4H2,1-2H3;4-5H,3H2,1-2H3;11*1-2H3. The molecule has 0 bridgehead atoms. The van der Waals surface area contributed by atoms with Gasteiger partial charge in [-0.05, 0) is 172 Å². The number of imidazole rings is 1. The van der Waals surface area contributed by atoms with Gasteiger partial charge in [0.1, 0.15) is 0 Å². The topological polar surface area (TPSA) is 82.1 Å². The van der Waals surface area contributed by atoms with Crippen LogP contribution in [0.1, 0.15) is 387 Å². The molecule has 2 aromatic rings. The summed E-state index contributed by atoms with van der Waals surface area (Å²) < 4.78 is 24.3. The Kier molecular flexibility index (Phi) is 113. The monoisotopic (exact) mass is 1420 g/mol. The molecule has 608 valence electrons. The van der Waals surface area contributed by atoms with Crippen molar-refractivity contribution >= 4 is 0 Å². The predicted octanol–water partition coefficient (Wildman–Crippen LogP) is 28.4. The summed E-state index contributed by atoms with van der Waals surface area (Å²) in [6, 6.07) is 4.54. The first-order valence-electron chi connectivity index (χ1n) is 43.2. The maximum Gasteiger partial charge on any atom is 0.0948 e. The van der Waals surface area contributed by atoms with Gasteiger partial charge in [0.05, 0.1) is 38.4 Å². The highest BCUT2D eigenvalue weighted by molar-refractivity contribution is 4.80. The van der Waals surface area contributed by atoms with Crippen LogP contribution >= 0.6 is 0 Å². The molecule has 9 aliphatic rings. The molecule has 3 aliphatic carbocycles. The van der Waals surface area contributed by atoms with E-state index in [1.807, 2.05) is 182 Å². The SMILES string of the molecule is CC.CC.CC.CC.CC.CC.CC.CC.CC.CC.CC.CC(C)C1CC1.CC(C)C1CCC1.CC(C)C1CCC1.CC(C)C1CCO1.CC(C)C1CCOC1.CC(C)C1CO1.CC(C)C1COC1.CC(C)N1CC1.CC(C)N1CCC1.CC(C)n1cccn1.CC(C)n1ccnc1. The van der Waals surface area contributed by atoms with Crippen LogP contribution in [0.4, 0.5) is 0 Å². The molecule has 0 N–H and O–H groups in total. The molecule has 6 saturated heterocycles. The predicted molar refractivity (Wildman–Crippen MR) is 457 cm³/mol. The molecule has 3 atom stereocenters. The van der Waals surface area contributed by atoms with Gasteiger partial charge in [-0.3, -0.25) is 9.58 Å². The summed E-state index contributed by atoms with van der Waals surface area (Å²) in [6.07, 6.45) is 26.4. The molecule has 11 rings (SSSR count). The molecule has 8 heterocycles. The highest BCUT2D eigenvalue weighted by Gasteiger charge is 2.26. The van der Waals surface area contributed by atoms with Crippen LogP contribution < -0.4 is 0 Å². The van der Waals surface area contributed by atoms with E-state index in [0.717, 1.165) is 123 Å². The first kappa shape index (κ1) is 121. The van der Waals surface area contributed by atoms with Gasteiger partial charge in [-0.15, -0.1) is 0 Å². The average molecular weight is 1420 g/mol. The van der Waals surface area contributed by atoms with Gasteiger partial charge in [-0.2, -0.15) is 5.10 Å². The minimum atomic E-state index is 0.491. The molecule has 6 aliphatic heterocycles. The minimum Gasteiger partial charge on any atom is -0.381 e. The number of hydrogen-bond donors (Lipinski definition) is 0. The van der Waals surface area contributed by atoms with E-state index in [1.54, 1.807) is 12.4 Å². The second-order valence-corrected chi connectivity index (χ2v) is 27.2. The summed E-state index contributed by atoms with van der Waals surface area (Å²) in [6.45, 7) is 104. The Balaban J connectivity index is -0.0000000930. The van der Waals surface area contributed by atoms with Crippen LogP contribution in [-0.2, 0) is 18.9 Å². The van der Waals surface area contributed by atoms with E-state index >= 15 is 0 Å². The van der Waals surface area contributed by atoms with Gasteiger partial charge < -0.3 is 28.4 Å². The Hall–Kier alpha value is -1.82. The Bertz CT molecular complexity index is 1380. The van der Waals surface area contributed by atoms with Crippen molar-refractivity contribution < 1.29 is 18.9 Å². The van der Waals surface area contributed by atoms with Crippen molar-refractivity contribution in [3.63, 3.8) is 0 Å². The van der Waals surface area contributed by atoms with Crippen molar-refractivity contribution in [1.29, 1.82) is 0 Å². The lowest BCUT2D eigenvalue weighted by atomic mass is 9.78. The molecule has 0 amide bonds. The lowest BCUT2D eigenvalue weighted by Crippen LogP contribution is -2.41. The lowest BCUT2D eigenvalue weighted by Gasteiger charge is -2.34. The third-order valence-corrected chi connectivity index (χ3v) is 16.9. The fraction of sp³-hybridized carbons (Fsp3) is 0.933. The third kappa shape index (κ3) is 81.7. The molecule has 10 heteroatoms. The minimum absolute atomic E-state index is 0.491. The number of ether oxygens (including phenoxy) is 4. The third-order valence-electron chi connectivity index (χ3n) is 16.9. The quantitative estimate of drug-likeness (QED) is 0.206. The summed E-state index contributed by atoms with van der Waals surface area (Å²) in [5.41, 5.74) is 0. The van der Waals surface area contributed by atoms with E-state index in [0.29, 0.717) is 24.3 Å². The van der Waals surface area contributed by atoms with Crippen molar-refractivity contribution in [3.05, 3.63) is 37.2 Å². The van der Waals surface area contributed by atoms with Crippen LogP contribution in [0.3, 0.4) is 0 Å². The fourth-order valence-corrected chi connectivity index (χ4v) is 8.51. The summed E-state index contributed by atoms with van der Waals surface area (Å²) in [4.78, 5) is 8.80. The van der Waals surface area contributed by atoms with E-state index < -0.39 is 0 Å². The molecular weight excluding hydrogens is 1220 g/mol. The fourth-order valence-electron chi connectivity index (χ4n) is 8.51. The zero-order valence-electron chi connectivity index (χ0n) is 77.0. The van der Waals surface area contributed by atoms with E-state index in [9.17, 15) is 0 Å². The van der Waals surface area contributed by atoms with Gasteiger partial charge in [0, 0.05) is 87.8 Å². The first-order valence-corrected chi connectivity index (χ1v) is 43.2. The zero-order chi connectivity index (χ0) is 80.0. The van der Waals surface area contributed by atoms with Crippen LogP contribution in [0.5, 0.6) is 0 Å². The van der Waals surface area contributed by atoms with Crippen molar-refractivity contribution in [1.82, 2.24) is 29.1 Å². The highest BCUT2D eigenvalue weighted by atomic mass is 16.6. The van der Waals surface area contributed by atoms with E-state index in [4.69, 9.17) is 18.9 Å². The summed E-state index contributed by atoms with van der Waals surface area (Å²) in [5, 5.41) is 4.03. The Morgan fingerprint density at radius 3 is 0.717 bits per heavy atom. The second-order valence-electron chi connectivity index (χ2n) is 27.2. The van der Waals surface area contributed by atoms with Crippen LogP contribution in [0.25, 0.3) is 0 Å². The number of epoxide rings is 1. The molecule has 9 fully saturated rings. The van der Waals surface area contributed by atoms with Crippen molar-refractivity contribution in [2.24, 2.45) is 71.0 Å². The second kappa shape index (κ2) is 92.3. The Morgan fingerprint density at radius 1 is 0.303 bits per heavy atom. The molecule has 2 aromatic heterocycles. The first-order chi connectivity index (χ1) is 47.3. The van der Waals surface area contributed by atoms with Crippen LogP contribution in [-0.4, -0.2) is 119 Å². The molecular formula is C89H198N6O4. The van der Waals surface area contributed by atoms with Gasteiger partial charge in [-0.25, -0.2) is 4.98 Å². The smallest absolute Gasteiger partial charge is 0.0948 e. The Morgan fingerprint density at radius 2 is 0.657 bits per heavy atom. The summed E-state index contributed by atoms with van der Waals surface area (Å²) >= 11 is 0. The van der Waals surface area contributed by atoms with Crippen LogP contribution in [0, 0.1) is 71.0 Å². The molecule has 0 spiro atoms. The normalized spacial score (nSPS) is 17.9. The summed E-state index contributed by atoms with van der Waals surface area (Å²) in [7, 11) is 0. The summed E-state index contributed by atoms with van der Waals surface area (Å²) in [5.74, 6) is 11.0. The maximum absolute atomic E-state index is 5.22. The van der Waals surface area contributed by atoms with Gasteiger partial charge >= 0.3 is 0 Å². The van der Waals surface area contributed by atoms with E-state index in [-0.39, 0.29) is 0 Å². The molecule has 0 aromatic carbocycles. The van der Waals surface area contributed by atoms with Crippen molar-refractivity contribution in [2.75, 3.05) is 65.8 Å².